The van der Waals surface area contributed by atoms with E-state index in [2.05, 4.69) is 5.32 Å². The molecule has 7 heteroatoms. The molecule has 0 spiro atoms. The number of rotatable bonds is 4. The Morgan fingerprint density at radius 3 is 2.65 bits per heavy atom. The molecule has 0 radical (unpaired) electrons. The number of aryl methyl sites for hydroxylation is 1. The van der Waals surface area contributed by atoms with Gasteiger partial charge < -0.3 is 11.1 Å². The van der Waals surface area contributed by atoms with Crippen molar-refractivity contribution in [2.75, 3.05) is 6.54 Å². The Morgan fingerprint density at radius 1 is 1.50 bits per heavy atom. The van der Waals surface area contributed by atoms with Crippen LogP contribution in [-0.4, -0.2) is 22.9 Å². The van der Waals surface area contributed by atoms with Crippen LogP contribution in [0.15, 0.2) is 18.2 Å². The summed E-state index contributed by atoms with van der Waals surface area (Å²) in [7, 11) is 0. The molecule has 0 saturated heterocycles. The summed E-state index contributed by atoms with van der Waals surface area (Å²) in [5, 5.41) is 13.7. The molecule has 1 amide bonds. The van der Waals surface area contributed by atoms with Crippen molar-refractivity contribution in [1.82, 2.24) is 5.32 Å². The molecule has 1 aliphatic carbocycles. The van der Waals surface area contributed by atoms with Crippen molar-refractivity contribution in [2.24, 2.45) is 5.73 Å². The first-order valence-corrected chi connectivity index (χ1v) is 6.24. The lowest BCUT2D eigenvalue weighted by atomic mass is 9.78. The lowest BCUT2D eigenvalue weighted by Crippen LogP contribution is -2.54. The van der Waals surface area contributed by atoms with Gasteiger partial charge in [0, 0.05) is 17.6 Å². The van der Waals surface area contributed by atoms with Crippen LogP contribution in [0, 0.1) is 17.0 Å². The molecule has 0 unspecified atom stereocenters. The zero-order valence-corrected chi connectivity index (χ0v) is 12.0. The molecule has 0 aromatic heterocycles. The number of para-hydroxylation sites is 1. The third kappa shape index (κ3) is 3.26. The van der Waals surface area contributed by atoms with Crippen LogP contribution in [0.5, 0.6) is 0 Å². The van der Waals surface area contributed by atoms with E-state index in [-0.39, 0.29) is 29.2 Å². The van der Waals surface area contributed by atoms with Crippen molar-refractivity contribution in [3.05, 3.63) is 39.4 Å². The van der Waals surface area contributed by atoms with Crippen LogP contribution in [0.1, 0.15) is 35.2 Å². The maximum Gasteiger partial charge on any atom is 0.285 e. The Morgan fingerprint density at radius 2 is 2.15 bits per heavy atom. The summed E-state index contributed by atoms with van der Waals surface area (Å²) in [6.45, 7) is 1.97. The normalized spacial score (nSPS) is 15.7. The first-order valence-electron chi connectivity index (χ1n) is 6.24. The molecule has 2 rings (SSSR count). The van der Waals surface area contributed by atoms with E-state index in [4.69, 9.17) is 5.73 Å². The number of nitrogens with one attached hydrogen (secondary N) is 1. The van der Waals surface area contributed by atoms with Gasteiger partial charge in [-0.15, -0.1) is 12.4 Å². The van der Waals surface area contributed by atoms with Crippen molar-refractivity contribution in [1.29, 1.82) is 0 Å². The summed E-state index contributed by atoms with van der Waals surface area (Å²) in [5.41, 5.74) is 6.10. The number of benzene rings is 1. The monoisotopic (exact) mass is 299 g/mol. The Balaban J connectivity index is 0.00000200. The summed E-state index contributed by atoms with van der Waals surface area (Å²) >= 11 is 0. The average Bonchev–Trinajstić information content (AvgIpc) is 2.32. The van der Waals surface area contributed by atoms with E-state index in [1.165, 1.54) is 6.07 Å². The van der Waals surface area contributed by atoms with Gasteiger partial charge in [0.05, 0.1) is 4.92 Å². The van der Waals surface area contributed by atoms with Gasteiger partial charge in [0.25, 0.3) is 11.6 Å². The standard InChI is InChI=1S/C13H17N3O3.ClH/c1-9-4-2-5-10(11(9)16(18)19)12(17)15-8-13(14)6-3-7-13;/h2,4-5H,3,6-8,14H2,1H3,(H,15,17);1H. The van der Waals surface area contributed by atoms with Gasteiger partial charge in [-0.1, -0.05) is 12.1 Å². The topological polar surface area (TPSA) is 98.3 Å². The lowest BCUT2D eigenvalue weighted by molar-refractivity contribution is -0.385. The number of halogens is 1. The Bertz CT molecular complexity index is 530. The van der Waals surface area contributed by atoms with E-state index in [9.17, 15) is 14.9 Å². The van der Waals surface area contributed by atoms with Crippen LogP contribution >= 0.6 is 12.4 Å². The molecule has 1 aliphatic rings. The molecule has 0 bridgehead atoms. The van der Waals surface area contributed by atoms with E-state index in [1.807, 2.05) is 0 Å². The zero-order chi connectivity index (χ0) is 14.0. The van der Waals surface area contributed by atoms with Crippen LogP contribution in [0.4, 0.5) is 5.69 Å². The average molecular weight is 300 g/mol. The van der Waals surface area contributed by atoms with Crippen LogP contribution < -0.4 is 11.1 Å². The van der Waals surface area contributed by atoms with Gasteiger partial charge in [0.15, 0.2) is 0 Å². The van der Waals surface area contributed by atoms with E-state index < -0.39 is 10.8 Å². The number of hydrogen-bond acceptors (Lipinski definition) is 4. The van der Waals surface area contributed by atoms with Gasteiger partial charge in [0.2, 0.25) is 0 Å². The third-order valence-corrected chi connectivity index (χ3v) is 3.62. The van der Waals surface area contributed by atoms with Crippen molar-refractivity contribution in [3.63, 3.8) is 0 Å². The third-order valence-electron chi connectivity index (χ3n) is 3.62. The predicted octanol–water partition coefficient (Wildman–Crippen LogP) is 1.94. The van der Waals surface area contributed by atoms with E-state index in [1.54, 1.807) is 19.1 Å². The Kier molecular flexibility index (Phi) is 5.08. The molecular weight excluding hydrogens is 282 g/mol. The lowest BCUT2D eigenvalue weighted by Gasteiger charge is -2.38. The van der Waals surface area contributed by atoms with Crippen molar-refractivity contribution < 1.29 is 9.72 Å². The summed E-state index contributed by atoms with van der Waals surface area (Å²) in [5.74, 6) is -0.438. The molecule has 1 fully saturated rings. The number of carbonyl (C=O) groups excluding carboxylic acids is 1. The molecule has 3 N–H and O–H groups in total. The van der Waals surface area contributed by atoms with Gasteiger partial charge >= 0.3 is 0 Å². The molecule has 20 heavy (non-hydrogen) atoms. The van der Waals surface area contributed by atoms with Crippen LogP contribution in [-0.2, 0) is 0 Å². The van der Waals surface area contributed by atoms with E-state index in [0.717, 1.165) is 19.3 Å². The second-order valence-electron chi connectivity index (χ2n) is 5.13. The molecule has 0 heterocycles. The minimum absolute atomic E-state index is 0. The van der Waals surface area contributed by atoms with Gasteiger partial charge in [-0.3, -0.25) is 14.9 Å². The fourth-order valence-electron chi connectivity index (χ4n) is 2.24. The smallest absolute Gasteiger partial charge is 0.285 e. The van der Waals surface area contributed by atoms with E-state index in [0.29, 0.717) is 12.1 Å². The molecule has 1 aromatic carbocycles. The maximum atomic E-state index is 12.0. The van der Waals surface area contributed by atoms with Gasteiger partial charge in [-0.05, 0) is 32.3 Å². The second kappa shape index (κ2) is 6.19. The molecule has 1 saturated carbocycles. The van der Waals surface area contributed by atoms with Crippen molar-refractivity contribution >= 4 is 24.0 Å². The minimum atomic E-state index is -0.522. The summed E-state index contributed by atoms with van der Waals surface area (Å²) in [6, 6.07) is 4.72. The van der Waals surface area contributed by atoms with Crippen LogP contribution in [0.25, 0.3) is 0 Å². The second-order valence-corrected chi connectivity index (χ2v) is 5.13. The van der Waals surface area contributed by atoms with Crippen molar-refractivity contribution in [3.8, 4) is 0 Å². The van der Waals surface area contributed by atoms with Crippen LogP contribution in [0.3, 0.4) is 0 Å². The highest BCUT2D eigenvalue weighted by molar-refractivity contribution is 5.98. The number of nitro benzene ring substituents is 1. The summed E-state index contributed by atoms with van der Waals surface area (Å²) in [4.78, 5) is 22.5. The van der Waals surface area contributed by atoms with Gasteiger partial charge in [0.1, 0.15) is 5.56 Å². The highest BCUT2D eigenvalue weighted by Crippen LogP contribution is 2.28. The minimum Gasteiger partial charge on any atom is -0.350 e. The fourth-order valence-corrected chi connectivity index (χ4v) is 2.24. The molecule has 6 nitrogen and oxygen atoms in total. The van der Waals surface area contributed by atoms with Gasteiger partial charge in [-0.2, -0.15) is 0 Å². The largest absolute Gasteiger partial charge is 0.350 e. The number of nitro groups is 1. The zero-order valence-electron chi connectivity index (χ0n) is 11.2. The van der Waals surface area contributed by atoms with Crippen molar-refractivity contribution in [2.45, 2.75) is 31.7 Å². The molecule has 110 valence electrons. The number of hydrogen-bond donors (Lipinski definition) is 2. The number of nitrogens with two attached hydrogens (primary N) is 1. The first-order chi connectivity index (χ1) is 8.93. The number of carbonyl (C=O) groups is 1. The Labute approximate surface area is 123 Å². The fraction of sp³-hybridized carbons (Fsp3) is 0.462. The molecular formula is C13H18ClN3O3. The maximum absolute atomic E-state index is 12.0. The molecule has 0 aliphatic heterocycles. The quantitative estimate of drug-likeness (QED) is 0.655. The highest BCUT2D eigenvalue weighted by atomic mass is 35.5. The number of amides is 1. The highest BCUT2D eigenvalue weighted by Gasteiger charge is 2.33. The number of nitrogens with zero attached hydrogens (tertiary/aromatic N) is 1. The molecule has 1 aromatic rings. The van der Waals surface area contributed by atoms with E-state index >= 15 is 0 Å². The summed E-state index contributed by atoms with van der Waals surface area (Å²) < 4.78 is 0. The van der Waals surface area contributed by atoms with Crippen LogP contribution in [0.2, 0.25) is 0 Å². The Hall–Kier alpha value is -1.66. The first kappa shape index (κ1) is 16.4. The summed E-state index contributed by atoms with van der Waals surface area (Å²) in [6.07, 6.45) is 2.82. The predicted molar refractivity (Wildman–Crippen MR) is 78.2 cm³/mol. The molecule has 0 atom stereocenters. The van der Waals surface area contributed by atoms with Gasteiger partial charge in [-0.25, -0.2) is 0 Å². The SMILES string of the molecule is Cc1cccc(C(=O)NCC2(N)CCC2)c1[N+](=O)[O-].Cl.